The summed E-state index contributed by atoms with van der Waals surface area (Å²) >= 11 is 1.43. The maximum Gasteiger partial charge on any atom is 0.264 e. The van der Waals surface area contributed by atoms with Crippen LogP contribution in [0.5, 0.6) is 0 Å². The van der Waals surface area contributed by atoms with Crippen LogP contribution in [0.1, 0.15) is 53.9 Å². The van der Waals surface area contributed by atoms with E-state index < -0.39 is 0 Å². The van der Waals surface area contributed by atoms with Gasteiger partial charge in [0.15, 0.2) is 0 Å². The molecule has 1 amide bonds. The molecule has 0 unspecified atom stereocenters. The molecule has 4 saturated carbocycles. The van der Waals surface area contributed by atoms with E-state index in [1.54, 1.807) is 0 Å². The van der Waals surface area contributed by atoms with Gasteiger partial charge in [-0.15, -0.1) is 11.3 Å². The highest BCUT2D eigenvalue weighted by molar-refractivity contribution is 7.21. The Labute approximate surface area is 145 Å². The van der Waals surface area contributed by atoms with Crippen molar-refractivity contribution in [1.29, 1.82) is 0 Å². The molecule has 2 heterocycles. The fourth-order valence-electron chi connectivity index (χ4n) is 5.82. The van der Waals surface area contributed by atoms with Crippen LogP contribution in [-0.2, 0) is 0 Å². The number of carbonyl (C=O) groups excluding carboxylic acids is 1. The van der Waals surface area contributed by atoms with E-state index in [2.05, 4.69) is 10.3 Å². The van der Waals surface area contributed by atoms with Gasteiger partial charge in [0.2, 0.25) is 0 Å². The molecule has 4 aliphatic rings. The first-order valence-electron chi connectivity index (χ1n) is 8.99. The second kappa shape index (κ2) is 4.94. The number of nitrogens with two attached hydrogens (primary N) is 1. The molecule has 0 atom stereocenters. The van der Waals surface area contributed by atoms with Gasteiger partial charge in [-0.25, -0.2) is 4.98 Å². The number of nitrogen functional groups attached to an aromatic ring is 1. The van der Waals surface area contributed by atoms with Crippen LogP contribution in [0.3, 0.4) is 0 Å². The summed E-state index contributed by atoms with van der Waals surface area (Å²) in [6.07, 6.45) is 7.61. The third kappa shape index (κ3) is 2.17. The number of fused-ring (bicyclic) bond motifs is 1. The van der Waals surface area contributed by atoms with Crippen LogP contribution in [0.4, 0.5) is 5.69 Å². The predicted molar refractivity (Wildman–Crippen MR) is 97.1 cm³/mol. The normalized spacial score (nSPS) is 34.0. The van der Waals surface area contributed by atoms with Crippen molar-refractivity contribution in [3.63, 3.8) is 0 Å². The Morgan fingerprint density at radius 2 is 1.83 bits per heavy atom. The first-order valence-corrected chi connectivity index (χ1v) is 9.81. The summed E-state index contributed by atoms with van der Waals surface area (Å²) < 4.78 is 0. The van der Waals surface area contributed by atoms with E-state index in [9.17, 15) is 4.79 Å². The molecule has 3 N–H and O–H groups in total. The number of nitrogens with zero attached hydrogens (tertiary/aromatic N) is 1. The summed E-state index contributed by atoms with van der Waals surface area (Å²) in [5, 5.41) is 4.32. The number of aromatic nitrogens is 1. The van der Waals surface area contributed by atoms with Crippen LogP contribution in [0.15, 0.2) is 12.1 Å². The molecule has 4 bridgehead atoms. The zero-order valence-corrected chi connectivity index (χ0v) is 14.8. The molecule has 4 nitrogen and oxygen atoms in total. The SMILES string of the molecule is Cc1ccc2c(N)c(C(=O)NC34CC5CC(CC(C5)C3)C4)sc2n1. The first-order chi connectivity index (χ1) is 11.5. The Kier molecular flexibility index (Phi) is 3.03. The molecule has 24 heavy (non-hydrogen) atoms. The van der Waals surface area contributed by atoms with Crippen LogP contribution in [0.25, 0.3) is 10.2 Å². The summed E-state index contributed by atoms with van der Waals surface area (Å²) in [4.78, 5) is 19.0. The largest absolute Gasteiger partial charge is 0.397 e. The lowest BCUT2D eigenvalue weighted by Crippen LogP contribution is -2.59. The van der Waals surface area contributed by atoms with Gasteiger partial charge < -0.3 is 11.1 Å². The van der Waals surface area contributed by atoms with Gasteiger partial charge in [0.25, 0.3) is 5.91 Å². The number of anilines is 1. The Morgan fingerprint density at radius 1 is 1.21 bits per heavy atom. The van der Waals surface area contributed by atoms with Crippen molar-refractivity contribution in [3.8, 4) is 0 Å². The minimum absolute atomic E-state index is 0.00935. The standard InChI is InChI=1S/C19H23N3OS/c1-10-2-3-14-15(20)16(24-18(14)21-10)17(23)22-19-7-11-4-12(8-19)6-13(5-11)9-19/h2-3,11-13H,4-9,20H2,1H3,(H,22,23). The molecule has 2 aromatic rings. The lowest BCUT2D eigenvalue weighted by molar-refractivity contribution is -0.0166. The number of pyridine rings is 1. The quantitative estimate of drug-likeness (QED) is 0.871. The second-order valence-electron chi connectivity index (χ2n) is 8.30. The minimum atomic E-state index is 0.00935. The highest BCUT2D eigenvalue weighted by atomic mass is 32.1. The molecule has 4 fully saturated rings. The van der Waals surface area contributed by atoms with Crippen molar-refractivity contribution in [2.24, 2.45) is 17.8 Å². The van der Waals surface area contributed by atoms with Crippen molar-refractivity contribution >= 4 is 33.1 Å². The molecule has 2 aromatic heterocycles. The van der Waals surface area contributed by atoms with Crippen LogP contribution < -0.4 is 11.1 Å². The Hall–Kier alpha value is -1.62. The smallest absolute Gasteiger partial charge is 0.264 e. The van der Waals surface area contributed by atoms with Gasteiger partial charge in [-0.2, -0.15) is 0 Å². The van der Waals surface area contributed by atoms with Gasteiger partial charge in [-0.05, 0) is 75.3 Å². The van der Waals surface area contributed by atoms with E-state index in [0.717, 1.165) is 52.9 Å². The third-order valence-corrected chi connectivity index (χ3v) is 7.47. The predicted octanol–water partition coefficient (Wildman–Crippen LogP) is 3.89. The van der Waals surface area contributed by atoms with E-state index in [4.69, 9.17) is 5.73 Å². The molecule has 5 heteroatoms. The van der Waals surface area contributed by atoms with Crippen LogP contribution >= 0.6 is 11.3 Å². The van der Waals surface area contributed by atoms with Gasteiger partial charge in [0.1, 0.15) is 9.71 Å². The molecule has 4 aliphatic carbocycles. The maximum atomic E-state index is 13.0. The molecule has 0 saturated heterocycles. The summed E-state index contributed by atoms with van der Waals surface area (Å²) in [5.74, 6) is 2.47. The number of hydrogen-bond donors (Lipinski definition) is 2. The number of aryl methyl sites for hydroxylation is 1. The van der Waals surface area contributed by atoms with Crippen molar-refractivity contribution in [3.05, 3.63) is 22.7 Å². The van der Waals surface area contributed by atoms with E-state index >= 15 is 0 Å². The molecular weight excluding hydrogens is 318 g/mol. The van der Waals surface area contributed by atoms with Crippen molar-refractivity contribution < 1.29 is 4.79 Å². The monoisotopic (exact) mass is 341 g/mol. The van der Waals surface area contributed by atoms with Crippen LogP contribution in [0, 0.1) is 24.7 Å². The van der Waals surface area contributed by atoms with Gasteiger partial charge in [0, 0.05) is 16.6 Å². The summed E-state index contributed by atoms with van der Waals surface area (Å²) in [5.41, 5.74) is 7.84. The summed E-state index contributed by atoms with van der Waals surface area (Å²) in [6, 6.07) is 3.93. The second-order valence-corrected chi connectivity index (χ2v) is 9.30. The van der Waals surface area contributed by atoms with E-state index in [1.165, 1.54) is 30.6 Å². The van der Waals surface area contributed by atoms with Crippen molar-refractivity contribution in [2.45, 2.75) is 51.0 Å². The van der Waals surface area contributed by atoms with Gasteiger partial charge >= 0.3 is 0 Å². The highest BCUT2D eigenvalue weighted by Gasteiger charge is 2.51. The zero-order chi connectivity index (χ0) is 16.5. The number of hydrogen-bond acceptors (Lipinski definition) is 4. The Morgan fingerprint density at radius 3 is 2.46 bits per heavy atom. The maximum absolute atomic E-state index is 13.0. The van der Waals surface area contributed by atoms with E-state index in [1.807, 2.05) is 19.1 Å². The Bertz CT molecular complexity index is 805. The number of amides is 1. The fraction of sp³-hybridized carbons (Fsp3) is 0.579. The molecule has 0 spiro atoms. The van der Waals surface area contributed by atoms with Gasteiger partial charge in [-0.1, -0.05) is 0 Å². The molecule has 0 aliphatic heterocycles. The third-order valence-electron chi connectivity index (χ3n) is 6.36. The summed E-state index contributed by atoms with van der Waals surface area (Å²) in [7, 11) is 0. The van der Waals surface area contributed by atoms with Gasteiger partial charge in [-0.3, -0.25) is 4.79 Å². The molecule has 0 aromatic carbocycles. The number of nitrogens with one attached hydrogen (secondary N) is 1. The lowest BCUT2D eigenvalue weighted by atomic mass is 9.53. The fourth-order valence-corrected chi connectivity index (χ4v) is 6.85. The highest BCUT2D eigenvalue weighted by Crippen LogP contribution is 2.55. The van der Waals surface area contributed by atoms with Crippen LogP contribution in [-0.4, -0.2) is 16.4 Å². The number of rotatable bonds is 2. The van der Waals surface area contributed by atoms with E-state index in [0.29, 0.717) is 10.6 Å². The zero-order valence-electron chi connectivity index (χ0n) is 14.0. The molecule has 0 radical (unpaired) electrons. The van der Waals surface area contributed by atoms with Crippen molar-refractivity contribution in [1.82, 2.24) is 10.3 Å². The van der Waals surface area contributed by atoms with Crippen molar-refractivity contribution in [2.75, 3.05) is 5.73 Å². The summed E-state index contributed by atoms with van der Waals surface area (Å²) in [6.45, 7) is 1.96. The van der Waals surface area contributed by atoms with Gasteiger partial charge in [0.05, 0.1) is 5.69 Å². The Balaban J connectivity index is 1.46. The number of thiophene rings is 1. The molecular formula is C19H23N3OS. The van der Waals surface area contributed by atoms with Crippen LogP contribution in [0.2, 0.25) is 0 Å². The minimum Gasteiger partial charge on any atom is -0.397 e. The average molecular weight is 341 g/mol. The average Bonchev–Trinajstić information content (AvgIpc) is 2.82. The topological polar surface area (TPSA) is 68.0 Å². The molecule has 6 rings (SSSR count). The number of carbonyl (C=O) groups is 1. The molecule has 126 valence electrons. The first kappa shape index (κ1) is 14.7. The van der Waals surface area contributed by atoms with E-state index in [-0.39, 0.29) is 11.4 Å². The lowest BCUT2D eigenvalue weighted by Gasteiger charge is -2.56.